The molecule has 0 spiro atoms. The number of nitro groups is 1. The second-order valence-corrected chi connectivity index (χ2v) is 5.88. The molecule has 2 amide bonds. The van der Waals surface area contributed by atoms with Gasteiger partial charge in [-0.15, -0.1) is 0 Å². The maximum atomic E-state index is 12.3. The molecule has 2 N–H and O–H groups in total. The van der Waals surface area contributed by atoms with Crippen LogP contribution in [0.5, 0.6) is 17.2 Å². The third kappa shape index (κ3) is 4.47. The Kier molecular flexibility index (Phi) is 5.58. The zero-order valence-electron chi connectivity index (χ0n) is 14.9. The van der Waals surface area contributed by atoms with E-state index in [2.05, 4.69) is 10.9 Å². The van der Waals surface area contributed by atoms with E-state index in [0.717, 1.165) is 11.6 Å². The number of ether oxygens (including phenoxy) is 3. The summed E-state index contributed by atoms with van der Waals surface area (Å²) in [7, 11) is 0. The molecule has 0 fully saturated rings. The minimum Gasteiger partial charge on any atom is -0.486 e. The van der Waals surface area contributed by atoms with Crippen LogP contribution in [0.15, 0.2) is 36.4 Å². The third-order valence-electron chi connectivity index (χ3n) is 3.78. The molecule has 0 atom stereocenters. The third-order valence-corrected chi connectivity index (χ3v) is 3.78. The molecular weight excluding hydrogens is 370 g/mol. The Hall–Kier alpha value is -3.82. The number of amides is 2. The van der Waals surface area contributed by atoms with Crippen molar-refractivity contribution >= 4 is 17.5 Å². The van der Waals surface area contributed by atoms with Gasteiger partial charge >= 0.3 is 0 Å². The van der Waals surface area contributed by atoms with E-state index in [4.69, 9.17) is 14.2 Å². The first kappa shape index (κ1) is 19.0. The van der Waals surface area contributed by atoms with Crippen LogP contribution >= 0.6 is 0 Å². The number of carbonyl (C=O) groups excluding carboxylic acids is 2. The molecule has 0 aromatic heterocycles. The van der Waals surface area contributed by atoms with Crippen LogP contribution in [0.1, 0.15) is 15.9 Å². The highest BCUT2D eigenvalue weighted by Gasteiger charge is 2.26. The van der Waals surface area contributed by atoms with E-state index in [1.807, 2.05) is 13.0 Å². The Balaban J connectivity index is 1.62. The van der Waals surface area contributed by atoms with E-state index in [0.29, 0.717) is 5.75 Å². The summed E-state index contributed by atoms with van der Waals surface area (Å²) < 4.78 is 15.9. The normalized spacial score (nSPS) is 12.0. The lowest BCUT2D eigenvalue weighted by molar-refractivity contribution is -0.385. The first-order valence-corrected chi connectivity index (χ1v) is 8.31. The Morgan fingerprint density at radius 2 is 1.86 bits per heavy atom. The highest BCUT2D eigenvalue weighted by Crippen LogP contribution is 2.36. The second kappa shape index (κ2) is 8.25. The van der Waals surface area contributed by atoms with Crippen LogP contribution < -0.4 is 25.1 Å². The number of benzene rings is 2. The van der Waals surface area contributed by atoms with Crippen molar-refractivity contribution in [1.82, 2.24) is 10.9 Å². The zero-order valence-corrected chi connectivity index (χ0v) is 14.9. The summed E-state index contributed by atoms with van der Waals surface area (Å²) in [4.78, 5) is 34.7. The van der Waals surface area contributed by atoms with E-state index in [-0.39, 0.29) is 36.9 Å². The van der Waals surface area contributed by atoms with Gasteiger partial charge < -0.3 is 14.2 Å². The van der Waals surface area contributed by atoms with Gasteiger partial charge in [-0.2, -0.15) is 0 Å². The molecular formula is C18H17N3O7. The molecule has 0 saturated heterocycles. The number of nitrogens with one attached hydrogen (secondary N) is 2. The van der Waals surface area contributed by atoms with Crippen molar-refractivity contribution in [2.75, 3.05) is 19.8 Å². The lowest BCUT2D eigenvalue weighted by Crippen LogP contribution is -2.44. The summed E-state index contributed by atoms with van der Waals surface area (Å²) in [5.41, 5.74) is 4.52. The van der Waals surface area contributed by atoms with Crippen molar-refractivity contribution in [3.63, 3.8) is 0 Å². The van der Waals surface area contributed by atoms with Crippen LogP contribution in [-0.2, 0) is 4.79 Å². The number of hydrogen-bond donors (Lipinski definition) is 2. The van der Waals surface area contributed by atoms with Gasteiger partial charge in [-0.05, 0) is 24.6 Å². The van der Waals surface area contributed by atoms with E-state index in [9.17, 15) is 19.7 Å². The summed E-state index contributed by atoms with van der Waals surface area (Å²) in [6, 6.07) is 9.43. The number of fused-ring (bicyclic) bond motifs is 1. The molecule has 0 radical (unpaired) electrons. The summed E-state index contributed by atoms with van der Waals surface area (Å²) in [6.45, 7) is 2.06. The van der Waals surface area contributed by atoms with E-state index in [1.165, 1.54) is 6.07 Å². The van der Waals surface area contributed by atoms with Crippen LogP contribution in [0.25, 0.3) is 0 Å². The standard InChI is InChI=1S/C18H17N3O7/c1-11-3-2-4-12(7-11)28-10-17(22)19-20-18(23)13-8-15-16(27-6-5-26-15)9-14(13)21(24)25/h2-4,7-9H,5-6,10H2,1H3,(H,19,22)(H,20,23). The molecule has 10 heteroatoms. The fourth-order valence-corrected chi connectivity index (χ4v) is 2.49. The molecule has 28 heavy (non-hydrogen) atoms. The average molecular weight is 387 g/mol. The molecule has 0 saturated carbocycles. The number of nitrogens with zero attached hydrogens (tertiary/aromatic N) is 1. The maximum Gasteiger partial charge on any atom is 0.286 e. The van der Waals surface area contributed by atoms with Crippen LogP contribution in [0, 0.1) is 17.0 Å². The number of nitro benzene ring substituents is 1. The Morgan fingerprint density at radius 1 is 1.14 bits per heavy atom. The number of hydrazine groups is 1. The van der Waals surface area contributed by atoms with Crippen molar-refractivity contribution in [3.05, 3.63) is 57.6 Å². The molecule has 1 aliphatic rings. The van der Waals surface area contributed by atoms with E-state index in [1.54, 1.807) is 18.2 Å². The van der Waals surface area contributed by atoms with Crippen LogP contribution in [0.2, 0.25) is 0 Å². The SMILES string of the molecule is Cc1cccc(OCC(=O)NNC(=O)c2cc3c(cc2[N+](=O)[O-])OCCO3)c1. The molecule has 0 unspecified atom stereocenters. The second-order valence-electron chi connectivity index (χ2n) is 5.88. The first-order chi connectivity index (χ1) is 13.4. The molecule has 0 aliphatic carbocycles. The smallest absolute Gasteiger partial charge is 0.286 e. The van der Waals surface area contributed by atoms with Crippen molar-refractivity contribution in [1.29, 1.82) is 0 Å². The van der Waals surface area contributed by atoms with Gasteiger partial charge in [0.15, 0.2) is 18.1 Å². The molecule has 0 bridgehead atoms. The number of aryl methyl sites for hydroxylation is 1. The number of hydrogen-bond acceptors (Lipinski definition) is 7. The molecule has 2 aromatic rings. The van der Waals surface area contributed by atoms with Crippen molar-refractivity contribution < 1.29 is 28.7 Å². The molecule has 146 valence electrons. The van der Waals surface area contributed by atoms with Crippen LogP contribution in [0.3, 0.4) is 0 Å². The van der Waals surface area contributed by atoms with Gasteiger partial charge in [-0.1, -0.05) is 12.1 Å². The summed E-state index contributed by atoms with van der Waals surface area (Å²) in [5, 5.41) is 11.3. The first-order valence-electron chi connectivity index (χ1n) is 8.31. The topological polar surface area (TPSA) is 129 Å². The Bertz CT molecular complexity index is 929. The Morgan fingerprint density at radius 3 is 2.54 bits per heavy atom. The van der Waals surface area contributed by atoms with Crippen LogP contribution in [-0.4, -0.2) is 36.6 Å². The number of rotatable bonds is 5. The highest BCUT2D eigenvalue weighted by atomic mass is 16.6. The summed E-state index contributed by atoms with van der Waals surface area (Å²) in [5.74, 6) is -0.590. The van der Waals surface area contributed by atoms with Crippen molar-refractivity contribution in [3.8, 4) is 17.2 Å². The van der Waals surface area contributed by atoms with Gasteiger partial charge in [0.2, 0.25) is 0 Å². The van der Waals surface area contributed by atoms with Gasteiger partial charge in [-0.3, -0.25) is 30.6 Å². The Labute approximate surface area is 159 Å². The lowest BCUT2D eigenvalue weighted by atomic mass is 10.1. The summed E-state index contributed by atoms with van der Waals surface area (Å²) in [6.07, 6.45) is 0. The number of carbonyl (C=O) groups is 2. The van der Waals surface area contributed by atoms with Gasteiger partial charge in [0.1, 0.15) is 24.5 Å². The predicted molar refractivity (Wildman–Crippen MR) is 96.4 cm³/mol. The van der Waals surface area contributed by atoms with Crippen molar-refractivity contribution in [2.45, 2.75) is 6.92 Å². The lowest BCUT2D eigenvalue weighted by Gasteiger charge is -2.19. The quantitative estimate of drug-likeness (QED) is 0.588. The van der Waals surface area contributed by atoms with Crippen molar-refractivity contribution in [2.24, 2.45) is 0 Å². The van der Waals surface area contributed by atoms with Gasteiger partial charge in [0.05, 0.1) is 11.0 Å². The zero-order chi connectivity index (χ0) is 20.1. The molecule has 1 heterocycles. The monoisotopic (exact) mass is 387 g/mol. The fraction of sp³-hybridized carbons (Fsp3) is 0.222. The minimum absolute atomic E-state index is 0.185. The molecule has 1 aliphatic heterocycles. The van der Waals surface area contributed by atoms with Gasteiger partial charge in [-0.25, -0.2) is 0 Å². The average Bonchev–Trinajstić information content (AvgIpc) is 2.69. The minimum atomic E-state index is -0.868. The predicted octanol–water partition coefficient (Wildman–Crippen LogP) is 1.51. The van der Waals surface area contributed by atoms with Gasteiger partial charge in [0.25, 0.3) is 17.5 Å². The summed E-state index contributed by atoms with van der Waals surface area (Å²) >= 11 is 0. The highest BCUT2D eigenvalue weighted by molar-refractivity contribution is 5.99. The van der Waals surface area contributed by atoms with Crippen LogP contribution in [0.4, 0.5) is 5.69 Å². The largest absolute Gasteiger partial charge is 0.486 e. The molecule has 2 aromatic carbocycles. The maximum absolute atomic E-state index is 12.3. The van der Waals surface area contributed by atoms with E-state index < -0.39 is 22.4 Å². The molecule has 3 rings (SSSR count). The van der Waals surface area contributed by atoms with E-state index >= 15 is 0 Å². The fourth-order valence-electron chi connectivity index (χ4n) is 2.49. The molecule has 10 nitrogen and oxygen atoms in total. The van der Waals surface area contributed by atoms with Gasteiger partial charge in [0, 0.05) is 6.07 Å².